The predicted octanol–water partition coefficient (Wildman–Crippen LogP) is 1.18. The predicted molar refractivity (Wildman–Crippen MR) is 80.9 cm³/mol. The minimum absolute atomic E-state index is 0.0284. The first-order chi connectivity index (χ1) is 10.2. The fourth-order valence-electron chi connectivity index (χ4n) is 2.50. The number of hydrogen-bond donors (Lipinski definition) is 2. The van der Waals surface area contributed by atoms with E-state index in [0.717, 1.165) is 24.2 Å². The molecule has 1 saturated carbocycles. The Labute approximate surface area is 124 Å². The smallest absolute Gasteiger partial charge is 0.234 e. The third-order valence-electron chi connectivity index (χ3n) is 3.94. The Morgan fingerprint density at radius 2 is 2.00 bits per heavy atom. The number of rotatable bonds is 6. The van der Waals surface area contributed by atoms with Crippen molar-refractivity contribution in [2.75, 3.05) is 18.0 Å². The Hall–Kier alpha value is -1.88. The largest absolute Gasteiger partial charge is 0.351 e. The zero-order valence-electron chi connectivity index (χ0n) is 12.1. The van der Waals surface area contributed by atoms with Gasteiger partial charge in [-0.05, 0) is 37.0 Å². The highest BCUT2D eigenvalue weighted by molar-refractivity contribution is 5.95. The monoisotopic (exact) mass is 287 g/mol. The van der Waals surface area contributed by atoms with Gasteiger partial charge < -0.3 is 15.5 Å². The first-order valence-corrected chi connectivity index (χ1v) is 7.62. The van der Waals surface area contributed by atoms with Crippen LogP contribution in [0.5, 0.6) is 0 Å². The normalized spacial score (nSPS) is 18.1. The minimum Gasteiger partial charge on any atom is -0.351 e. The highest BCUT2D eigenvalue weighted by Gasteiger charge is 2.22. The fraction of sp³-hybridized carbons (Fsp3) is 0.500. The SMILES string of the molecule is O=C(CNC1CC1)NCc1ccc(N2CCCC2=O)cc1. The highest BCUT2D eigenvalue weighted by Crippen LogP contribution is 2.21. The summed E-state index contributed by atoms with van der Waals surface area (Å²) in [6.45, 7) is 1.73. The molecule has 0 spiro atoms. The summed E-state index contributed by atoms with van der Waals surface area (Å²) in [5, 5.41) is 6.09. The first-order valence-electron chi connectivity index (χ1n) is 7.62. The average Bonchev–Trinajstić information content (AvgIpc) is 3.24. The van der Waals surface area contributed by atoms with Crippen LogP contribution in [0.15, 0.2) is 24.3 Å². The molecule has 5 nitrogen and oxygen atoms in total. The van der Waals surface area contributed by atoms with E-state index in [4.69, 9.17) is 0 Å². The quantitative estimate of drug-likeness (QED) is 0.826. The van der Waals surface area contributed by atoms with Crippen molar-refractivity contribution in [2.24, 2.45) is 0 Å². The van der Waals surface area contributed by atoms with Crippen molar-refractivity contribution in [3.05, 3.63) is 29.8 Å². The summed E-state index contributed by atoms with van der Waals surface area (Å²) in [5.74, 6) is 0.225. The lowest BCUT2D eigenvalue weighted by atomic mass is 10.2. The van der Waals surface area contributed by atoms with Gasteiger partial charge in [-0.3, -0.25) is 9.59 Å². The van der Waals surface area contributed by atoms with Crippen LogP contribution in [0.3, 0.4) is 0 Å². The number of benzene rings is 1. The molecule has 2 fully saturated rings. The molecule has 0 atom stereocenters. The fourth-order valence-corrected chi connectivity index (χ4v) is 2.50. The van der Waals surface area contributed by atoms with Gasteiger partial charge in [0.2, 0.25) is 11.8 Å². The van der Waals surface area contributed by atoms with Gasteiger partial charge in [-0.2, -0.15) is 0 Å². The maximum atomic E-state index is 11.7. The summed E-state index contributed by atoms with van der Waals surface area (Å²) >= 11 is 0. The zero-order chi connectivity index (χ0) is 14.7. The number of nitrogens with one attached hydrogen (secondary N) is 2. The van der Waals surface area contributed by atoms with Crippen LogP contribution in [-0.4, -0.2) is 30.9 Å². The Bertz CT molecular complexity index is 523. The topological polar surface area (TPSA) is 61.4 Å². The molecule has 0 radical (unpaired) electrons. The molecule has 2 aliphatic rings. The Balaban J connectivity index is 1.47. The van der Waals surface area contributed by atoms with E-state index in [1.807, 2.05) is 29.2 Å². The molecule has 2 N–H and O–H groups in total. The second kappa shape index (κ2) is 6.26. The van der Waals surface area contributed by atoms with E-state index < -0.39 is 0 Å². The van der Waals surface area contributed by atoms with Crippen molar-refractivity contribution in [1.82, 2.24) is 10.6 Å². The van der Waals surface area contributed by atoms with E-state index in [-0.39, 0.29) is 11.8 Å². The van der Waals surface area contributed by atoms with Gasteiger partial charge in [-0.1, -0.05) is 12.1 Å². The molecule has 1 aliphatic heterocycles. The summed E-state index contributed by atoms with van der Waals surface area (Å²) in [7, 11) is 0. The molecule has 5 heteroatoms. The maximum absolute atomic E-state index is 11.7. The van der Waals surface area contributed by atoms with Gasteiger partial charge in [0.15, 0.2) is 0 Å². The maximum Gasteiger partial charge on any atom is 0.234 e. The van der Waals surface area contributed by atoms with Crippen LogP contribution < -0.4 is 15.5 Å². The molecule has 0 unspecified atom stereocenters. The summed E-state index contributed by atoms with van der Waals surface area (Å²) in [4.78, 5) is 25.1. The van der Waals surface area contributed by atoms with Crippen molar-refractivity contribution in [1.29, 1.82) is 0 Å². The summed E-state index contributed by atoms with van der Waals surface area (Å²) in [6.07, 6.45) is 3.95. The van der Waals surface area contributed by atoms with Gasteiger partial charge in [-0.15, -0.1) is 0 Å². The molecule has 1 aliphatic carbocycles. The first kappa shape index (κ1) is 14.1. The molecule has 1 saturated heterocycles. The highest BCUT2D eigenvalue weighted by atomic mass is 16.2. The van der Waals surface area contributed by atoms with Crippen LogP contribution in [0, 0.1) is 0 Å². The lowest BCUT2D eigenvalue weighted by molar-refractivity contribution is -0.120. The van der Waals surface area contributed by atoms with E-state index in [1.165, 1.54) is 12.8 Å². The standard InChI is InChI=1S/C16H21N3O2/c20-15(11-17-13-5-6-13)18-10-12-3-7-14(8-4-12)19-9-1-2-16(19)21/h3-4,7-8,13,17H,1-2,5-6,9-11H2,(H,18,20). The van der Waals surface area contributed by atoms with Crippen molar-refractivity contribution >= 4 is 17.5 Å². The van der Waals surface area contributed by atoms with E-state index >= 15 is 0 Å². The zero-order valence-corrected chi connectivity index (χ0v) is 12.1. The number of anilines is 1. The molecule has 112 valence electrons. The lowest BCUT2D eigenvalue weighted by Gasteiger charge is -2.16. The van der Waals surface area contributed by atoms with Crippen LogP contribution in [-0.2, 0) is 16.1 Å². The second-order valence-electron chi connectivity index (χ2n) is 5.75. The van der Waals surface area contributed by atoms with Gasteiger partial charge in [0.1, 0.15) is 0 Å². The summed E-state index contributed by atoms with van der Waals surface area (Å²) in [5.41, 5.74) is 1.99. The van der Waals surface area contributed by atoms with E-state index in [9.17, 15) is 9.59 Å². The molecule has 1 heterocycles. The van der Waals surface area contributed by atoms with Crippen molar-refractivity contribution in [3.8, 4) is 0 Å². The molecule has 0 aromatic heterocycles. The van der Waals surface area contributed by atoms with Gasteiger partial charge in [0, 0.05) is 31.2 Å². The van der Waals surface area contributed by atoms with Gasteiger partial charge in [0.05, 0.1) is 6.54 Å². The second-order valence-corrected chi connectivity index (χ2v) is 5.75. The number of amides is 2. The molecule has 21 heavy (non-hydrogen) atoms. The Morgan fingerprint density at radius 3 is 2.62 bits per heavy atom. The van der Waals surface area contributed by atoms with Gasteiger partial charge >= 0.3 is 0 Å². The number of carbonyl (C=O) groups excluding carboxylic acids is 2. The third kappa shape index (κ3) is 3.82. The van der Waals surface area contributed by atoms with Crippen LogP contribution >= 0.6 is 0 Å². The summed E-state index contributed by atoms with van der Waals surface area (Å²) in [6, 6.07) is 8.39. The number of hydrogen-bond acceptors (Lipinski definition) is 3. The minimum atomic E-state index is 0.0284. The average molecular weight is 287 g/mol. The van der Waals surface area contributed by atoms with Crippen LogP contribution in [0.25, 0.3) is 0 Å². The van der Waals surface area contributed by atoms with Crippen molar-refractivity contribution in [3.63, 3.8) is 0 Å². The molecular weight excluding hydrogens is 266 g/mol. The Morgan fingerprint density at radius 1 is 1.24 bits per heavy atom. The number of carbonyl (C=O) groups is 2. The summed E-state index contributed by atoms with van der Waals surface area (Å²) < 4.78 is 0. The Kier molecular flexibility index (Phi) is 4.20. The van der Waals surface area contributed by atoms with Crippen molar-refractivity contribution < 1.29 is 9.59 Å². The van der Waals surface area contributed by atoms with Crippen LogP contribution in [0.2, 0.25) is 0 Å². The van der Waals surface area contributed by atoms with E-state index in [0.29, 0.717) is 25.6 Å². The molecule has 1 aromatic carbocycles. The van der Waals surface area contributed by atoms with Gasteiger partial charge in [0.25, 0.3) is 0 Å². The van der Waals surface area contributed by atoms with E-state index in [1.54, 1.807) is 0 Å². The van der Waals surface area contributed by atoms with Gasteiger partial charge in [-0.25, -0.2) is 0 Å². The van der Waals surface area contributed by atoms with E-state index in [2.05, 4.69) is 10.6 Å². The lowest BCUT2D eigenvalue weighted by Crippen LogP contribution is -2.34. The molecule has 2 amide bonds. The third-order valence-corrected chi connectivity index (χ3v) is 3.94. The number of nitrogens with zero attached hydrogens (tertiary/aromatic N) is 1. The van der Waals surface area contributed by atoms with Crippen molar-refractivity contribution in [2.45, 2.75) is 38.3 Å². The van der Waals surface area contributed by atoms with Crippen LogP contribution in [0.4, 0.5) is 5.69 Å². The molecule has 3 rings (SSSR count). The molecule has 1 aromatic rings. The molecular formula is C16H21N3O2. The van der Waals surface area contributed by atoms with Crippen LogP contribution in [0.1, 0.15) is 31.2 Å². The molecule has 0 bridgehead atoms.